The van der Waals surface area contributed by atoms with Crippen LogP contribution in [0.15, 0.2) is 12.2 Å². The number of carbonyl (C=O) groups is 1. The van der Waals surface area contributed by atoms with Gasteiger partial charge in [-0.3, -0.25) is 4.79 Å². The summed E-state index contributed by atoms with van der Waals surface area (Å²) >= 11 is 0. The molecule has 0 heterocycles. The van der Waals surface area contributed by atoms with Crippen LogP contribution in [0.5, 0.6) is 0 Å². The minimum Gasteiger partial charge on any atom is -0.299 e. The van der Waals surface area contributed by atoms with Gasteiger partial charge < -0.3 is 0 Å². The Labute approximate surface area is 67.5 Å². The molecule has 0 amide bonds. The predicted octanol–water partition coefficient (Wildman–Crippen LogP) is 2.32. The van der Waals surface area contributed by atoms with Crippen molar-refractivity contribution < 1.29 is 4.79 Å². The fourth-order valence-corrected chi connectivity index (χ4v) is 2.49. The van der Waals surface area contributed by atoms with Gasteiger partial charge in [0.25, 0.3) is 0 Å². The first kappa shape index (κ1) is 7.08. The molecule has 0 aromatic rings. The van der Waals surface area contributed by atoms with Crippen molar-refractivity contribution in [1.82, 2.24) is 0 Å². The molecule has 1 nitrogen and oxygen atoms in total. The lowest BCUT2D eigenvalue weighted by molar-refractivity contribution is -0.121. The molecule has 0 saturated heterocycles. The van der Waals surface area contributed by atoms with Crippen LogP contribution >= 0.6 is 0 Å². The number of fused-ring (bicyclic) bond motifs is 1. The average molecular weight is 150 g/mol. The Morgan fingerprint density at radius 3 is 2.73 bits per heavy atom. The zero-order valence-electron chi connectivity index (χ0n) is 6.81. The molecule has 2 saturated carbocycles. The van der Waals surface area contributed by atoms with E-state index in [1.807, 2.05) is 0 Å². The van der Waals surface area contributed by atoms with Gasteiger partial charge in [0.15, 0.2) is 0 Å². The third-order valence-corrected chi connectivity index (χ3v) is 3.14. The number of Topliss-reactive ketones (excluding diaryl/α,β-unsaturated/α-hetero) is 1. The molecule has 0 bridgehead atoms. The fraction of sp³-hybridized carbons (Fsp3) is 0.700. The van der Waals surface area contributed by atoms with Crippen molar-refractivity contribution in [2.24, 2.45) is 11.8 Å². The van der Waals surface area contributed by atoms with E-state index in [-0.39, 0.29) is 0 Å². The van der Waals surface area contributed by atoms with Crippen LogP contribution in [0.2, 0.25) is 0 Å². The van der Waals surface area contributed by atoms with Crippen LogP contribution in [0, 0.1) is 11.8 Å². The van der Waals surface area contributed by atoms with Gasteiger partial charge in [-0.05, 0) is 31.6 Å². The Morgan fingerprint density at radius 2 is 2.00 bits per heavy atom. The number of ketones is 1. The van der Waals surface area contributed by atoms with Gasteiger partial charge in [-0.1, -0.05) is 12.2 Å². The lowest BCUT2D eigenvalue weighted by atomic mass is 9.78. The molecular formula is C10H14O. The second kappa shape index (κ2) is 2.47. The number of hydrogen-bond donors (Lipinski definition) is 0. The Morgan fingerprint density at radius 1 is 1.18 bits per heavy atom. The molecule has 0 aromatic carbocycles. The molecule has 0 spiro atoms. The summed E-state index contributed by atoms with van der Waals surface area (Å²) in [4.78, 5) is 11.3. The summed E-state index contributed by atoms with van der Waals surface area (Å²) in [6.45, 7) is 4.04. The maximum absolute atomic E-state index is 11.3. The number of allylic oxidation sites excluding steroid dienone is 1. The highest BCUT2D eigenvalue weighted by Crippen LogP contribution is 2.42. The lowest BCUT2D eigenvalue weighted by Gasteiger charge is -2.25. The predicted molar refractivity (Wildman–Crippen MR) is 44.2 cm³/mol. The third kappa shape index (κ3) is 1.03. The van der Waals surface area contributed by atoms with Crippen LogP contribution in [0.3, 0.4) is 0 Å². The first-order valence-corrected chi connectivity index (χ1v) is 4.49. The normalized spacial score (nSPS) is 37.5. The summed E-state index contributed by atoms with van der Waals surface area (Å²) in [5.41, 5.74) is 1.34. The summed E-state index contributed by atoms with van der Waals surface area (Å²) in [6.07, 6.45) is 5.37. The molecule has 0 aromatic heterocycles. The van der Waals surface area contributed by atoms with Gasteiger partial charge in [0.2, 0.25) is 0 Å². The van der Waals surface area contributed by atoms with Crippen LogP contribution in [-0.4, -0.2) is 5.78 Å². The molecule has 2 aliphatic carbocycles. The highest BCUT2D eigenvalue weighted by Gasteiger charge is 2.37. The summed E-state index contributed by atoms with van der Waals surface area (Å²) in [6, 6.07) is 0. The number of carbonyl (C=O) groups excluding carboxylic acids is 1. The van der Waals surface area contributed by atoms with Crippen molar-refractivity contribution in [1.29, 1.82) is 0 Å². The van der Waals surface area contributed by atoms with Crippen molar-refractivity contribution in [2.75, 3.05) is 0 Å². The van der Waals surface area contributed by atoms with Crippen LogP contribution in [0.25, 0.3) is 0 Å². The molecule has 2 atom stereocenters. The van der Waals surface area contributed by atoms with Gasteiger partial charge in [0.05, 0.1) is 0 Å². The van der Waals surface area contributed by atoms with Gasteiger partial charge in [0, 0.05) is 12.3 Å². The molecule has 1 heteroatoms. The maximum Gasteiger partial charge on any atom is 0.136 e. The van der Waals surface area contributed by atoms with E-state index in [0.29, 0.717) is 17.6 Å². The Kier molecular flexibility index (Phi) is 1.59. The van der Waals surface area contributed by atoms with Crippen LogP contribution < -0.4 is 0 Å². The van der Waals surface area contributed by atoms with E-state index in [1.165, 1.54) is 12.0 Å². The van der Waals surface area contributed by atoms with Gasteiger partial charge in [-0.15, -0.1) is 0 Å². The number of rotatable bonds is 0. The van der Waals surface area contributed by atoms with E-state index < -0.39 is 0 Å². The van der Waals surface area contributed by atoms with Crippen molar-refractivity contribution in [2.45, 2.75) is 32.1 Å². The third-order valence-electron chi connectivity index (χ3n) is 3.14. The Balaban J connectivity index is 2.19. The average Bonchev–Trinajstić information content (AvgIpc) is 2.35. The first-order valence-electron chi connectivity index (χ1n) is 4.49. The van der Waals surface area contributed by atoms with E-state index >= 15 is 0 Å². The van der Waals surface area contributed by atoms with E-state index in [0.717, 1.165) is 25.7 Å². The molecule has 0 N–H and O–H groups in total. The highest BCUT2D eigenvalue weighted by molar-refractivity contribution is 5.84. The standard InChI is InChI=1S/C10H14O/c1-7-3-2-4-9-8(7)5-6-10(9)11/h8-9H,1-6H2. The second-order valence-corrected chi connectivity index (χ2v) is 3.77. The quantitative estimate of drug-likeness (QED) is 0.484. The van der Waals surface area contributed by atoms with E-state index in [2.05, 4.69) is 6.58 Å². The largest absolute Gasteiger partial charge is 0.299 e. The topological polar surface area (TPSA) is 17.1 Å². The van der Waals surface area contributed by atoms with Crippen molar-refractivity contribution in [3.8, 4) is 0 Å². The van der Waals surface area contributed by atoms with Crippen molar-refractivity contribution >= 4 is 5.78 Å². The van der Waals surface area contributed by atoms with Gasteiger partial charge >= 0.3 is 0 Å². The zero-order chi connectivity index (χ0) is 7.84. The van der Waals surface area contributed by atoms with Crippen molar-refractivity contribution in [3.05, 3.63) is 12.2 Å². The summed E-state index contributed by atoms with van der Waals surface area (Å²) in [5, 5.41) is 0. The monoisotopic (exact) mass is 150 g/mol. The van der Waals surface area contributed by atoms with Gasteiger partial charge in [-0.25, -0.2) is 0 Å². The van der Waals surface area contributed by atoms with E-state index in [4.69, 9.17) is 0 Å². The van der Waals surface area contributed by atoms with Crippen molar-refractivity contribution in [3.63, 3.8) is 0 Å². The fourth-order valence-electron chi connectivity index (χ4n) is 2.49. The van der Waals surface area contributed by atoms with Gasteiger partial charge in [0.1, 0.15) is 5.78 Å². The molecule has 60 valence electrons. The minimum absolute atomic E-state index is 0.372. The SMILES string of the molecule is C=C1CCCC2C(=O)CCC12. The molecule has 0 radical (unpaired) electrons. The first-order chi connectivity index (χ1) is 5.29. The van der Waals surface area contributed by atoms with Crippen LogP contribution in [0.1, 0.15) is 32.1 Å². The molecule has 2 unspecified atom stereocenters. The van der Waals surface area contributed by atoms with Crippen LogP contribution in [0.4, 0.5) is 0 Å². The molecule has 11 heavy (non-hydrogen) atoms. The molecule has 2 rings (SSSR count). The zero-order valence-corrected chi connectivity index (χ0v) is 6.81. The van der Waals surface area contributed by atoms with Crippen LogP contribution in [-0.2, 0) is 4.79 Å². The minimum atomic E-state index is 0.372. The summed E-state index contributed by atoms with van der Waals surface area (Å²) in [7, 11) is 0. The Hall–Kier alpha value is -0.590. The molecule has 2 aliphatic rings. The summed E-state index contributed by atoms with van der Waals surface area (Å²) < 4.78 is 0. The number of hydrogen-bond acceptors (Lipinski definition) is 1. The van der Waals surface area contributed by atoms with E-state index in [1.54, 1.807) is 0 Å². The highest BCUT2D eigenvalue weighted by atomic mass is 16.1. The molecule has 2 fully saturated rings. The Bertz CT molecular complexity index is 205. The molecule has 0 aliphatic heterocycles. The second-order valence-electron chi connectivity index (χ2n) is 3.77. The smallest absolute Gasteiger partial charge is 0.136 e. The van der Waals surface area contributed by atoms with E-state index in [9.17, 15) is 4.79 Å². The summed E-state index contributed by atoms with van der Waals surface area (Å²) in [5.74, 6) is 1.43. The maximum atomic E-state index is 11.3. The lowest BCUT2D eigenvalue weighted by Crippen LogP contribution is -2.20. The van der Waals surface area contributed by atoms with Gasteiger partial charge in [-0.2, -0.15) is 0 Å². The molecular weight excluding hydrogens is 136 g/mol.